The molecular formula is C54H89NO2. The first-order valence-electron chi connectivity index (χ1n) is 27.3. The molecule has 0 spiro atoms. The summed E-state index contributed by atoms with van der Waals surface area (Å²) in [5, 5.41) is 0. The Hall–Kier alpha value is -0.120. The maximum Gasteiger partial charge on any atom is 0.0667 e. The number of hydrogen-bond acceptors (Lipinski definition) is 3. The van der Waals surface area contributed by atoms with E-state index < -0.39 is 0 Å². The second kappa shape index (κ2) is 17.9. The van der Waals surface area contributed by atoms with E-state index in [1.165, 1.54) is 148 Å². The second-order valence-corrected chi connectivity index (χ2v) is 23.9. The molecule has 11 fully saturated rings. The molecule has 0 radical (unpaired) electrons. The summed E-state index contributed by atoms with van der Waals surface area (Å²) >= 11 is 0. The Labute approximate surface area is 351 Å². The molecule has 0 aromatic heterocycles. The molecule has 0 bridgehead atoms. The van der Waals surface area contributed by atoms with Crippen LogP contribution in [0.5, 0.6) is 0 Å². The van der Waals surface area contributed by atoms with Crippen LogP contribution in [0, 0.1) is 71.0 Å². The highest BCUT2D eigenvalue weighted by molar-refractivity contribution is 5.08. The summed E-state index contributed by atoms with van der Waals surface area (Å²) in [7, 11) is 0. The van der Waals surface area contributed by atoms with Crippen molar-refractivity contribution >= 4 is 0 Å². The average molecular weight is 784 g/mol. The van der Waals surface area contributed by atoms with Crippen molar-refractivity contribution in [3.8, 4) is 0 Å². The molecule has 0 aromatic carbocycles. The zero-order valence-electron chi connectivity index (χ0n) is 37.0. The first kappa shape index (κ1) is 39.7. The van der Waals surface area contributed by atoms with E-state index >= 15 is 0 Å². The fourth-order valence-electron chi connectivity index (χ4n) is 18.9. The van der Waals surface area contributed by atoms with E-state index in [9.17, 15) is 0 Å². The maximum absolute atomic E-state index is 7.53. The van der Waals surface area contributed by atoms with Gasteiger partial charge in [0.1, 0.15) is 0 Å². The van der Waals surface area contributed by atoms with Crippen molar-refractivity contribution in [2.75, 3.05) is 0 Å². The van der Waals surface area contributed by atoms with Crippen molar-refractivity contribution in [1.29, 1.82) is 0 Å². The van der Waals surface area contributed by atoms with Gasteiger partial charge in [-0.05, 0) is 187 Å². The van der Waals surface area contributed by atoms with Gasteiger partial charge in [0.25, 0.3) is 0 Å². The summed E-state index contributed by atoms with van der Waals surface area (Å²) in [5.74, 6) is 11.4. The number of hydrogen-bond donors (Lipinski definition) is 0. The third kappa shape index (κ3) is 8.06. The van der Waals surface area contributed by atoms with Crippen LogP contribution in [-0.4, -0.2) is 47.4 Å². The lowest BCUT2D eigenvalue weighted by atomic mass is 9.60. The highest BCUT2D eigenvalue weighted by Gasteiger charge is 2.60. The van der Waals surface area contributed by atoms with Crippen molar-refractivity contribution < 1.29 is 9.47 Å². The van der Waals surface area contributed by atoms with Crippen LogP contribution in [0.4, 0.5) is 0 Å². The smallest absolute Gasteiger partial charge is 0.0667 e. The van der Waals surface area contributed by atoms with E-state index in [4.69, 9.17) is 9.47 Å². The molecule has 11 aliphatic rings. The van der Waals surface area contributed by atoms with Gasteiger partial charge in [-0.3, -0.25) is 4.90 Å². The summed E-state index contributed by atoms with van der Waals surface area (Å²) in [5.41, 5.74) is 0. The van der Waals surface area contributed by atoms with E-state index in [1.54, 1.807) is 77.0 Å². The predicted octanol–water partition coefficient (Wildman–Crippen LogP) is 14.1. The molecule has 2 saturated heterocycles. The maximum atomic E-state index is 7.53. The average Bonchev–Trinajstić information content (AvgIpc) is 3.87. The van der Waals surface area contributed by atoms with Crippen LogP contribution >= 0.6 is 0 Å². The third-order valence-corrected chi connectivity index (χ3v) is 21.5. The fraction of sp³-hybridized carbons (Fsp3) is 1.00. The molecule has 11 unspecified atom stereocenters. The van der Waals surface area contributed by atoms with Gasteiger partial charge in [-0.15, -0.1) is 0 Å². The first-order chi connectivity index (χ1) is 28.2. The molecule has 2 aliphatic heterocycles. The Balaban J connectivity index is 0.726. The van der Waals surface area contributed by atoms with Crippen LogP contribution < -0.4 is 0 Å². The SMILES string of the molecule is C1CCC(C2CCC(N(C3CCC(C4CCCCC4)CC3)C3CCC(C4CCCC(C5CCCC6C7CCC8OC9CCCCC9C8C7OC56)C4)CC3)CC2)CC1. The van der Waals surface area contributed by atoms with E-state index in [1.807, 2.05) is 0 Å². The number of nitrogens with zero attached hydrogens (tertiary/aromatic N) is 1. The molecule has 11 rings (SSSR count). The summed E-state index contributed by atoms with van der Waals surface area (Å²) in [6, 6.07) is 2.71. The van der Waals surface area contributed by atoms with Crippen LogP contribution in [0.15, 0.2) is 0 Å². The van der Waals surface area contributed by atoms with Crippen molar-refractivity contribution in [3.63, 3.8) is 0 Å². The lowest BCUT2D eigenvalue weighted by molar-refractivity contribution is -0.0876. The summed E-state index contributed by atoms with van der Waals surface area (Å²) in [6.07, 6.45) is 55.0. The van der Waals surface area contributed by atoms with Gasteiger partial charge in [0, 0.05) is 24.0 Å². The van der Waals surface area contributed by atoms with E-state index in [2.05, 4.69) is 4.90 Å². The standard InChI is InChI=1S/C54H89NO2/c1-3-11-36(12-4-1)38-21-27-43(28-22-38)55(44-29-23-39(24-30-44)37-13-5-2-6-14-37)45-31-25-40(26-32-45)41-15-9-16-42(35-41)46-18-10-19-47-48-33-34-51-52(54(48)57-53(46)47)49-17-7-8-20-50(49)56-51/h36-54H,1-35H2. The lowest BCUT2D eigenvalue weighted by Gasteiger charge is -2.51. The van der Waals surface area contributed by atoms with E-state index in [0.29, 0.717) is 24.4 Å². The Bertz CT molecular complexity index is 1230. The zero-order chi connectivity index (χ0) is 37.7. The molecule has 0 N–H and O–H groups in total. The van der Waals surface area contributed by atoms with Crippen LogP contribution in [0.3, 0.4) is 0 Å². The van der Waals surface area contributed by atoms with Crippen LogP contribution in [0.25, 0.3) is 0 Å². The molecule has 322 valence electrons. The molecule has 0 amide bonds. The van der Waals surface area contributed by atoms with Gasteiger partial charge in [-0.2, -0.15) is 0 Å². The summed E-state index contributed by atoms with van der Waals surface area (Å²) in [6.45, 7) is 0. The molecule has 0 aromatic rings. The highest BCUT2D eigenvalue weighted by atomic mass is 16.5. The monoisotopic (exact) mass is 784 g/mol. The molecule has 3 nitrogen and oxygen atoms in total. The van der Waals surface area contributed by atoms with Gasteiger partial charge in [0.15, 0.2) is 0 Å². The Kier molecular flexibility index (Phi) is 12.5. The molecular weight excluding hydrogens is 695 g/mol. The van der Waals surface area contributed by atoms with E-state index in [0.717, 1.165) is 89.1 Å². The zero-order valence-corrected chi connectivity index (χ0v) is 37.0. The van der Waals surface area contributed by atoms with Crippen LogP contribution in [0.1, 0.15) is 225 Å². The van der Waals surface area contributed by atoms with Gasteiger partial charge in [0.2, 0.25) is 0 Å². The van der Waals surface area contributed by atoms with Crippen molar-refractivity contribution in [2.24, 2.45) is 71.0 Å². The highest BCUT2D eigenvalue weighted by Crippen LogP contribution is 2.59. The van der Waals surface area contributed by atoms with Crippen molar-refractivity contribution in [3.05, 3.63) is 0 Å². The van der Waals surface area contributed by atoms with Gasteiger partial charge < -0.3 is 9.47 Å². The largest absolute Gasteiger partial charge is 0.374 e. The lowest BCUT2D eigenvalue weighted by Crippen LogP contribution is -2.53. The number of fused-ring (bicyclic) bond motifs is 7. The minimum atomic E-state index is 0.524. The number of rotatable bonds is 7. The van der Waals surface area contributed by atoms with Gasteiger partial charge >= 0.3 is 0 Å². The number of ether oxygens (including phenoxy) is 2. The van der Waals surface area contributed by atoms with Crippen molar-refractivity contribution in [2.45, 2.75) is 267 Å². The predicted molar refractivity (Wildman–Crippen MR) is 234 cm³/mol. The topological polar surface area (TPSA) is 21.7 Å². The Morgan fingerprint density at radius 2 is 0.719 bits per heavy atom. The van der Waals surface area contributed by atoms with E-state index in [-0.39, 0.29) is 0 Å². The fourth-order valence-corrected chi connectivity index (χ4v) is 18.9. The first-order valence-corrected chi connectivity index (χ1v) is 27.3. The normalized spacial score (nSPS) is 50.2. The quantitative estimate of drug-likeness (QED) is 0.257. The van der Waals surface area contributed by atoms with Crippen LogP contribution in [-0.2, 0) is 9.47 Å². The van der Waals surface area contributed by atoms with Crippen molar-refractivity contribution in [1.82, 2.24) is 4.90 Å². The van der Waals surface area contributed by atoms with Gasteiger partial charge in [-0.25, -0.2) is 0 Å². The minimum absolute atomic E-state index is 0.524. The third-order valence-electron chi connectivity index (χ3n) is 21.5. The molecule has 57 heavy (non-hydrogen) atoms. The molecule has 9 aliphatic carbocycles. The minimum Gasteiger partial charge on any atom is -0.374 e. The Morgan fingerprint density at radius 3 is 1.35 bits per heavy atom. The second-order valence-electron chi connectivity index (χ2n) is 23.9. The molecule has 9 saturated carbocycles. The molecule has 2 heterocycles. The summed E-state index contributed by atoms with van der Waals surface area (Å²) < 4.78 is 14.3. The van der Waals surface area contributed by atoms with Gasteiger partial charge in [0.05, 0.1) is 24.4 Å². The molecule has 11 atom stereocenters. The Morgan fingerprint density at radius 1 is 0.263 bits per heavy atom. The molecule has 3 heteroatoms. The van der Waals surface area contributed by atoms with Gasteiger partial charge in [-0.1, -0.05) is 103 Å². The van der Waals surface area contributed by atoms with Crippen LogP contribution in [0.2, 0.25) is 0 Å². The summed E-state index contributed by atoms with van der Waals surface area (Å²) in [4.78, 5) is 3.34.